The molecule has 0 unspecified atom stereocenters. The largest absolute Gasteiger partial charge is 0.370 e. The highest BCUT2D eigenvalue weighted by Gasteiger charge is 2.45. The quantitative estimate of drug-likeness (QED) is 0.0230. The van der Waals surface area contributed by atoms with Gasteiger partial charge >= 0.3 is 6.03 Å². The van der Waals surface area contributed by atoms with Gasteiger partial charge in [-0.15, -0.1) is 0 Å². The van der Waals surface area contributed by atoms with E-state index in [0.29, 0.717) is 29.7 Å². The van der Waals surface area contributed by atoms with Crippen molar-refractivity contribution in [1.82, 2.24) is 57.1 Å². The maximum Gasteiger partial charge on any atom is 0.325 e. The Morgan fingerprint density at radius 1 is 0.676 bits per heavy atom. The summed E-state index contributed by atoms with van der Waals surface area (Å²) in [4.78, 5) is 141. The standard InChI is InChI=1S/C48H63N15O9S2/c1-3-4-14-33-46(71)63(48(72)62-33)38-24-74-73-23-37(39(49)64)61-43(68)35(19-28-21-54-31-15-9-8-13-30(28)31)60-41(66)32(16-10-17-53-47(50)51)57-42(67)34(18-27-11-6-5-7-12-27)59-44(69)36(20-29-22-52-25-55-29)58-40(65)26(2)56-45(38)70/h5-9,11-13,15,21-22,25-26,32-38,54H,3-4,10,14,16-20,23-24H2,1-2H3,(H2,49,64)(H,52,55)(H,56,70)(H,57,67)(H,58,65)(H,59,69)(H,60,66)(H,61,68)(H,62,72)(H4,50,51,53)/t26-,32+,33+,34-,35+,36+,37+,38+/m1/s1. The van der Waals surface area contributed by atoms with E-state index in [0.717, 1.165) is 43.8 Å². The molecule has 24 nitrogen and oxygen atoms in total. The second kappa shape index (κ2) is 26.9. The Labute approximate surface area is 434 Å². The van der Waals surface area contributed by atoms with Crippen molar-refractivity contribution < 1.29 is 43.2 Å². The summed E-state index contributed by atoms with van der Waals surface area (Å²) in [5, 5.41) is 19.6. The number of benzene rings is 2. The van der Waals surface area contributed by atoms with Crippen molar-refractivity contribution in [2.75, 3.05) is 18.1 Å². The van der Waals surface area contributed by atoms with Crippen LogP contribution in [0.15, 0.2) is 78.3 Å². The Morgan fingerprint density at radius 3 is 1.99 bits per heavy atom. The number of imide groups is 1. The Bertz CT molecular complexity index is 2670. The maximum atomic E-state index is 14.6. The van der Waals surface area contributed by atoms with E-state index in [9.17, 15) is 43.2 Å². The average Bonchev–Trinajstić information content (AvgIpc) is 4.11. The van der Waals surface area contributed by atoms with Gasteiger partial charge < -0.3 is 64.4 Å². The van der Waals surface area contributed by atoms with Crippen LogP contribution in [0.3, 0.4) is 0 Å². The van der Waals surface area contributed by atoms with Crippen molar-refractivity contribution in [2.45, 2.75) is 114 Å². The first-order chi connectivity index (χ1) is 35.5. The highest BCUT2D eigenvalue weighted by molar-refractivity contribution is 8.76. The number of guanidine groups is 1. The molecule has 4 aromatic rings. The molecule has 2 aromatic carbocycles. The molecule has 74 heavy (non-hydrogen) atoms. The molecule has 0 aliphatic carbocycles. The number of hydrogen-bond acceptors (Lipinski definition) is 13. The molecule has 2 saturated heterocycles. The fourth-order valence-corrected chi connectivity index (χ4v) is 10.7. The van der Waals surface area contributed by atoms with Crippen LogP contribution in [0, 0.1) is 0 Å². The van der Waals surface area contributed by atoms with E-state index in [1.54, 1.807) is 36.5 Å². The topological polar surface area (TPSA) is 376 Å². The number of rotatable bonds is 15. The van der Waals surface area contributed by atoms with Crippen molar-refractivity contribution >= 4 is 91.7 Å². The SMILES string of the molecule is CCCC[C@@H]1NC(=O)N([C@H]2CSSC[C@@H](C(N)=O)NC(=O)[C@H](Cc3c[nH]c4ccccc34)NC(=O)[C@H](CCCN=C(N)N)NC(=O)[C@@H](Cc3ccccc3)NC(=O)[C@H](Cc3cnc[nH]3)NC(=O)[C@@H](C)NC2=O)C1=O. The number of aromatic nitrogens is 3. The maximum absolute atomic E-state index is 14.6. The second-order valence-corrected chi connectivity index (χ2v) is 20.4. The van der Waals surface area contributed by atoms with Crippen LogP contribution in [0.2, 0.25) is 0 Å². The number of carbonyl (C=O) groups is 9. The van der Waals surface area contributed by atoms with Crippen molar-refractivity contribution in [3.05, 3.63) is 90.1 Å². The van der Waals surface area contributed by atoms with E-state index in [4.69, 9.17) is 17.2 Å². The summed E-state index contributed by atoms with van der Waals surface area (Å²) in [6.45, 7) is 3.34. The number of carbonyl (C=O) groups excluding carboxylic acids is 9. The third-order valence-electron chi connectivity index (χ3n) is 12.3. The summed E-state index contributed by atoms with van der Waals surface area (Å²) in [5.74, 6) is -7.12. The van der Waals surface area contributed by atoms with Crippen molar-refractivity contribution in [1.29, 1.82) is 0 Å². The number of aromatic amines is 2. The molecule has 0 spiro atoms. The number of aliphatic imine (C=N–C) groups is 1. The Kier molecular flexibility index (Phi) is 20.2. The van der Waals surface area contributed by atoms with Crippen molar-refractivity contribution in [3.63, 3.8) is 0 Å². The van der Waals surface area contributed by atoms with Gasteiger partial charge in [0.1, 0.15) is 48.3 Å². The van der Waals surface area contributed by atoms with Crippen LogP contribution in [0.25, 0.3) is 10.9 Å². The molecule has 15 N–H and O–H groups in total. The average molecular weight is 1060 g/mol. The molecule has 26 heteroatoms. The lowest BCUT2D eigenvalue weighted by atomic mass is 10.0. The summed E-state index contributed by atoms with van der Waals surface area (Å²) in [6, 6.07) is 4.64. The summed E-state index contributed by atoms with van der Waals surface area (Å²) in [5.41, 5.74) is 19.4. The molecule has 4 heterocycles. The number of hydrogen-bond donors (Lipinski definition) is 12. The summed E-state index contributed by atoms with van der Waals surface area (Å²) < 4.78 is 0. The predicted octanol–water partition coefficient (Wildman–Crippen LogP) is -0.739. The van der Waals surface area contributed by atoms with Gasteiger partial charge in [-0.05, 0) is 43.4 Å². The van der Waals surface area contributed by atoms with Gasteiger partial charge in [-0.3, -0.25) is 43.3 Å². The molecular formula is C48H63N15O9S2. The van der Waals surface area contributed by atoms with Crippen LogP contribution in [-0.2, 0) is 57.6 Å². The Hall–Kier alpha value is -7.61. The zero-order chi connectivity index (χ0) is 53.3. The smallest absolute Gasteiger partial charge is 0.325 e. The Balaban J connectivity index is 1.39. The van der Waals surface area contributed by atoms with Gasteiger partial charge in [0.05, 0.1) is 6.33 Å². The molecule has 6 rings (SSSR count). The third-order valence-corrected chi connectivity index (χ3v) is 14.7. The zero-order valence-electron chi connectivity index (χ0n) is 40.9. The number of unbranched alkanes of at least 4 members (excludes halogenated alkanes) is 1. The first-order valence-corrected chi connectivity index (χ1v) is 26.6. The molecule has 2 aliphatic rings. The van der Waals surface area contributed by atoms with Gasteiger partial charge in [0, 0.05) is 66.3 Å². The molecular weight excluding hydrogens is 995 g/mol. The van der Waals surface area contributed by atoms with E-state index in [-0.39, 0.29) is 56.1 Å². The lowest BCUT2D eigenvalue weighted by molar-refractivity contribution is -0.137. The molecule has 0 radical (unpaired) electrons. The van der Waals surface area contributed by atoms with Crippen LogP contribution >= 0.6 is 21.6 Å². The van der Waals surface area contributed by atoms with Gasteiger partial charge in [0.25, 0.3) is 5.91 Å². The van der Waals surface area contributed by atoms with Gasteiger partial charge in [-0.2, -0.15) is 0 Å². The number of nitrogens with zero attached hydrogens (tertiary/aromatic N) is 3. The third kappa shape index (κ3) is 15.5. The normalized spacial score (nSPS) is 24.2. The molecule has 396 valence electrons. The second-order valence-electron chi connectivity index (χ2n) is 17.9. The lowest BCUT2D eigenvalue weighted by Crippen LogP contribution is -2.60. The number of fused-ring (bicyclic) bond motifs is 1. The first kappa shape index (κ1) is 55.7. The Morgan fingerprint density at radius 2 is 1.30 bits per heavy atom. The van der Waals surface area contributed by atoms with Crippen LogP contribution in [-0.4, -0.2) is 145 Å². The number of para-hydroxylation sites is 1. The number of imidazole rings is 1. The number of nitrogens with one attached hydrogen (secondary N) is 9. The van der Waals surface area contributed by atoms with Crippen LogP contribution in [0.1, 0.15) is 62.8 Å². The van der Waals surface area contributed by atoms with Crippen molar-refractivity contribution in [2.24, 2.45) is 22.2 Å². The van der Waals surface area contributed by atoms with Crippen LogP contribution < -0.4 is 54.4 Å². The van der Waals surface area contributed by atoms with Gasteiger partial charge in [-0.1, -0.05) is 89.9 Å². The van der Waals surface area contributed by atoms with Crippen molar-refractivity contribution in [3.8, 4) is 0 Å². The predicted molar refractivity (Wildman–Crippen MR) is 278 cm³/mol. The van der Waals surface area contributed by atoms with E-state index in [2.05, 4.69) is 57.2 Å². The molecule has 0 bridgehead atoms. The molecule has 2 aromatic heterocycles. The van der Waals surface area contributed by atoms with E-state index in [1.165, 1.54) is 19.4 Å². The monoisotopic (exact) mass is 1060 g/mol. The number of amides is 10. The molecule has 2 aliphatic heterocycles. The minimum Gasteiger partial charge on any atom is -0.370 e. The summed E-state index contributed by atoms with van der Waals surface area (Å²) in [7, 11) is 2.01. The number of urea groups is 1. The molecule has 0 saturated carbocycles. The molecule has 8 atom stereocenters. The first-order valence-electron chi connectivity index (χ1n) is 24.1. The minimum absolute atomic E-state index is 0.0489. The number of H-pyrrole nitrogens is 2. The summed E-state index contributed by atoms with van der Waals surface area (Å²) >= 11 is 0. The molecule has 10 amide bonds. The van der Waals surface area contributed by atoms with E-state index in [1.807, 2.05) is 31.2 Å². The highest BCUT2D eigenvalue weighted by atomic mass is 33.1. The van der Waals surface area contributed by atoms with Gasteiger partial charge in [0.2, 0.25) is 41.4 Å². The fourth-order valence-electron chi connectivity index (χ4n) is 8.29. The van der Waals surface area contributed by atoms with Crippen LogP contribution in [0.5, 0.6) is 0 Å². The number of nitrogens with two attached hydrogens (primary N) is 3. The van der Waals surface area contributed by atoms with E-state index < -0.39 is 102 Å². The van der Waals surface area contributed by atoms with Crippen LogP contribution in [0.4, 0.5) is 4.79 Å². The number of primary amides is 1. The lowest BCUT2D eigenvalue weighted by Gasteiger charge is -2.27. The zero-order valence-corrected chi connectivity index (χ0v) is 42.5. The highest BCUT2D eigenvalue weighted by Crippen LogP contribution is 2.27. The summed E-state index contributed by atoms with van der Waals surface area (Å²) in [6.07, 6.45) is 5.96. The fraction of sp³-hybridized carbons (Fsp3) is 0.438. The van der Waals surface area contributed by atoms with Gasteiger partial charge in [0.15, 0.2) is 5.96 Å². The van der Waals surface area contributed by atoms with E-state index >= 15 is 0 Å². The molecule has 2 fully saturated rings. The minimum atomic E-state index is -1.48. The van der Waals surface area contributed by atoms with Gasteiger partial charge in [-0.25, -0.2) is 14.7 Å².